The molecule has 1 aliphatic carbocycles. The summed E-state index contributed by atoms with van der Waals surface area (Å²) in [7, 11) is -3.95. The predicted molar refractivity (Wildman–Crippen MR) is 141 cm³/mol. The third kappa shape index (κ3) is 6.39. The van der Waals surface area contributed by atoms with Crippen LogP contribution in [0.1, 0.15) is 43.8 Å². The van der Waals surface area contributed by atoms with Gasteiger partial charge in [-0.2, -0.15) is 10.4 Å². The first-order valence-corrected chi connectivity index (χ1v) is 17.4. The summed E-state index contributed by atoms with van der Waals surface area (Å²) in [5.41, 5.74) is 2.76. The largest absolute Gasteiger partial charge is 0.361 e. The summed E-state index contributed by atoms with van der Waals surface area (Å²) in [4.78, 5) is 9.06. The van der Waals surface area contributed by atoms with E-state index in [9.17, 15) is 13.7 Å². The third-order valence-corrected chi connectivity index (χ3v) is 8.93. The lowest BCUT2D eigenvalue weighted by molar-refractivity contribution is 0.0899. The molecule has 0 amide bonds. The molecule has 3 aromatic rings. The van der Waals surface area contributed by atoms with E-state index in [1.807, 2.05) is 27.7 Å². The maximum Gasteiger partial charge on any atom is 0.201 e. The molecule has 0 radical (unpaired) electrons. The van der Waals surface area contributed by atoms with Gasteiger partial charge in [0.25, 0.3) is 0 Å². The van der Waals surface area contributed by atoms with Crippen LogP contribution in [0, 0.1) is 17.2 Å². The molecule has 0 aliphatic heterocycles. The Morgan fingerprint density at radius 1 is 1.28 bits per heavy atom. The number of rotatable bonds is 12. The highest BCUT2D eigenvalue weighted by molar-refractivity contribution is 7.70. The van der Waals surface area contributed by atoms with E-state index in [-0.39, 0.29) is 12.6 Å². The van der Waals surface area contributed by atoms with Gasteiger partial charge in [0.2, 0.25) is 10.9 Å². The number of nitriles is 1. The number of aromatic nitrogens is 5. The van der Waals surface area contributed by atoms with E-state index >= 15 is 0 Å². The fourth-order valence-corrected chi connectivity index (χ4v) is 5.88. The second kappa shape index (κ2) is 11.6. The molecule has 0 bridgehead atoms. The minimum Gasteiger partial charge on any atom is -0.361 e. The summed E-state index contributed by atoms with van der Waals surface area (Å²) in [5.74, 6) is 0.383. The first-order chi connectivity index (χ1) is 17.3. The second-order valence-electron chi connectivity index (χ2n) is 10.6. The Labute approximate surface area is 214 Å². The molecular formula is C24H35N7O3SSi. The third-order valence-electron chi connectivity index (χ3n) is 6.81. The van der Waals surface area contributed by atoms with Crippen molar-refractivity contribution < 1.29 is 13.2 Å². The first kappa shape index (κ1) is 26.5. The molecule has 1 atom stereocenters. The topological polar surface area (TPSA) is 128 Å². The van der Waals surface area contributed by atoms with Crippen molar-refractivity contribution in [3.63, 3.8) is 0 Å². The van der Waals surface area contributed by atoms with Crippen LogP contribution in [0.15, 0.2) is 24.8 Å². The lowest BCUT2D eigenvalue weighted by Crippen LogP contribution is -2.22. The van der Waals surface area contributed by atoms with Crippen LogP contribution in [-0.2, 0) is 28.9 Å². The van der Waals surface area contributed by atoms with Crippen molar-refractivity contribution in [2.24, 2.45) is 5.92 Å². The number of fused-ring (bicyclic) bond motifs is 1. The summed E-state index contributed by atoms with van der Waals surface area (Å²) >= 11 is 0. The molecule has 4 rings (SSSR count). The van der Waals surface area contributed by atoms with Crippen molar-refractivity contribution in [3.05, 3.63) is 30.5 Å². The monoisotopic (exact) mass is 529 g/mol. The lowest BCUT2D eigenvalue weighted by Gasteiger charge is -2.21. The molecule has 1 fully saturated rings. The number of thiol groups is 1. The number of nitrogens with one attached hydrogen (secondary N) is 1. The Morgan fingerprint density at radius 3 is 2.75 bits per heavy atom. The highest BCUT2D eigenvalue weighted by Gasteiger charge is 2.28. The Hall–Kier alpha value is -2.59. The van der Waals surface area contributed by atoms with Gasteiger partial charge in [0.15, 0.2) is 0 Å². The number of hydrogen-bond donors (Lipinski definition) is 2. The van der Waals surface area contributed by atoms with Gasteiger partial charge in [0, 0.05) is 38.0 Å². The van der Waals surface area contributed by atoms with E-state index < -0.39 is 19.0 Å². The van der Waals surface area contributed by atoms with E-state index in [2.05, 4.69) is 40.4 Å². The van der Waals surface area contributed by atoms with Gasteiger partial charge in [-0.1, -0.05) is 32.5 Å². The SMILES string of the molecule is C[Si](C)(C)CCOCn1ccc2c(-c3cn(C(CC#N)C4CCCC4)nc3CN[SH](=O)=O)ncnc21. The molecule has 1 unspecified atom stereocenters. The summed E-state index contributed by atoms with van der Waals surface area (Å²) in [6, 6.07) is 5.32. The van der Waals surface area contributed by atoms with Crippen LogP contribution in [0.3, 0.4) is 0 Å². The number of nitrogens with zero attached hydrogens (tertiary/aromatic N) is 6. The van der Waals surface area contributed by atoms with Crippen molar-refractivity contribution >= 4 is 30.0 Å². The van der Waals surface area contributed by atoms with Crippen molar-refractivity contribution in [1.82, 2.24) is 29.0 Å². The average Bonchev–Trinajstić information content (AvgIpc) is 3.58. The first-order valence-electron chi connectivity index (χ1n) is 12.5. The van der Waals surface area contributed by atoms with Crippen LogP contribution in [-0.4, -0.2) is 47.4 Å². The second-order valence-corrected chi connectivity index (χ2v) is 17.1. The molecule has 3 heterocycles. The highest BCUT2D eigenvalue weighted by atomic mass is 32.2. The lowest BCUT2D eigenvalue weighted by atomic mass is 9.96. The molecule has 0 spiro atoms. The number of ether oxygens (including phenoxy) is 1. The highest BCUT2D eigenvalue weighted by Crippen LogP contribution is 2.37. The van der Waals surface area contributed by atoms with Crippen molar-refractivity contribution in [3.8, 4) is 17.3 Å². The van der Waals surface area contributed by atoms with Crippen LogP contribution in [0.2, 0.25) is 25.7 Å². The van der Waals surface area contributed by atoms with E-state index in [0.717, 1.165) is 48.3 Å². The minimum absolute atomic E-state index is 0.0484. The molecule has 10 nitrogen and oxygen atoms in total. The predicted octanol–water partition coefficient (Wildman–Crippen LogP) is 3.87. The summed E-state index contributed by atoms with van der Waals surface area (Å²) in [5, 5.41) is 15.1. The number of hydrogen-bond acceptors (Lipinski definition) is 7. The molecule has 1 N–H and O–H groups in total. The van der Waals surface area contributed by atoms with Gasteiger partial charge in [-0.05, 0) is 30.9 Å². The maximum atomic E-state index is 11.3. The summed E-state index contributed by atoms with van der Waals surface area (Å²) < 4.78 is 34.8. The van der Waals surface area contributed by atoms with Gasteiger partial charge >= 0.3 is 0 Å². The van der Waals surface area contributed by atoms with Crippen LogP contribution >= 0.6 is 0 Å². The standard InChI is InChI=1S/C24H35N7O3SSi/c1-36(2,3)13-12-34-17-30-11-9-19-23(26-16-27-24(19)30)20-15-31(29-21(20)14-28-35(32)33)22(8-10-25)18-6-4-5-7-18/h9,11,15-16,18,22,35H,4-8,12-14,17H2,1-3H3,(H,28,32,33). The molecule has 194 valence electrons. The molecule has 1 saturated carbocycles. The smallest absolute Gasteiger partial charge is 0.201 e. The fourth-order valence-electron chi connectivity index (χ4n) is 4.84. The van der Waals surface area contributed by atoms with Gasteiger partial charge in [-0.3, -0.25) is 4.68 Å². The van der Waals surface area contributed by atoms with Crippen LogP contribution in [0.4, 0.5) is 0 Å². The average molecular weight is 530 g/mol. The van der Waals surface area contributed by atoms with E-state index in [4.69, 9.17) is 9.84 Å². The molecule has 36 heavy (non-hydrogen) atoms. The molecule has 1 aliphatic rings. The molecular weight excluding hydrogens is 494 g/mol. The van der Waals surface area contributed by atoms with Gasteiger partial charge in [-0.15, -0.1) is 0 Å². The van der Waals surface area contributed by atoms with E-state index in [0.29, 0.717) is 37.1 Å². The summed E-state index contributed by atoms with van der Waals surface area (Å²) in [6.45, 7) is 8.14. The zero-order valence-corrected chi connectivity index (χ0v) is 23.1. The molecule has 3 aromatic heterocycles. The summed E-state index contributed by atoms with van der Waals surface area (Å²) in [6.07, 6.45) is 10.2. The maximum absolute atomic E-state index is 11.3. The van der Waals surface area contributed by atoms with Crippen LogP contribution < -0.4 is 4.72 Å². The van der Waals surface area contributed by atoms with Gasteiger partial charge in [-0.25, -0.2) is 23.1 Å². The molecule has 12 heteroatoms. The van der Waals surface area contributed by atoms with Crippen LogP contribution in [0.5, 0.6) is 0 Å². The molecule has 0 saturated heterocycles. The Balaban J connectivity index is 1.67. The Kier molecular flexibility index (Phi) is 8.56. The van der Waals surface area contributed by atoms with Crippen molar-refractivity contribution in [2.75, 3.05) is 6.61 Å². The van der Waals surface area contributed by atoms with Gasteiger partial charge in [0.05, 0.1) is 36.5 Å². The zero-order valence-electron chi connectivity index (χ0n) is 21.2. The van der Waals surface area contributed by atoms with E-state index in [1.165, 1.54) is 6.33 Å². The van der Waals surface area contributed by atoms with E-state index in [1.54, 1.807) is 0 Å². The molecule has 0 aromatic carbocycles. The van der Waals surface area contributed by atoms with Crippen molar-refractivity contribution in [2.45, 2.75) is 77.1 Å². The normalized spacial score (nSPS) is 15.6. The quantitative estimate of drug-likeness (QED) is 0.207. The van der Waals surface area contributed by atoms with Gasteiger partial charge in [0.1, 0.15) is 18.7 Å². The Morgan fingerprint density at radius 2 is 2.06 bits per heavy atom. The van der Waals surface area contributed by atoms with Crippen LogP contribution in [0.25, 0.3) is 22.3 Å². The zero-order chi connectivity index (χ0) is 25.7. The van der Waals surface area contributed by atoms with Gasteiger partial charge < -0.3 is 9.30 Å². The minimum atomic E-state index is -2.78. The fraction of sp³-hybridized carbons (Fsp3) is 0.583. The van der Waals surface area contributed by atoms with Crippen molar-refractivity contribution in [1.29, 1.82) is 5.26 Å². The Bertz CT molecular complexity index is 1290.